The highest BCUT2D eigenvalue weighted by atomic mass is 79.9. The van der Waals surface area contributed by atoms with Crippen LogP contribution in [0.1, 0.15) is 6.42 Å². The third kappa shape index (κ3) is 3.63. The van der Waals surface area contributed by atoms with Gasteiger partial charge in [-0.1, -0.05) is 37.9 Å². The predicted octanol–water partition coefficient (Wildman–Crippen LogP) is 6.25. The Morgan fingerprint density at radius 3 is 2.53 bits per heavy atom. The van der Waals surface area contributed by atoms with Crippen molar-refractivity contribution in [1.82, 2.24) is 0 Å². The first-order chi connectivity index (χ1) is 8.06. The molecular formula is C12H7Br4N. The average Bonchev–Trinajstić information content (AvgIpc) is 2.27. The van der Waals surface area contributed by atoms with Crippen LogP contribution in [0, 0.1) is 0 Å². The molecule has 0 heterocycles. The fourth-order valence-electron chi connectivity index (χ4n) is 1.36. The van der Waals surface area contributed by atoms with E-state index in [1.165, 1.54) is 0 Å². The number of benzene rings is 1. The quantitative estimate of drug-likeness (QED) is 0.447. The first-order valence-corrected chi connectivity index (χ1v) is 7.99. The van der Waals surface area contributed by atoms with Crippen LogP contribution in [0.15, 0.2) is 53.3 Å². The fourth-order valence-corrected chi connectivity index (χ4v) is 3.23. The number of rotatable bonds is 1. The molecule has 0 fully saturated rings. The number of allylic oxidation sites excluding steroid dienone is 4. The van der Waals surface area contributed by atoms with Crippen LogP contribution in [0.4, 0.5) is 5.69 Å². The third-order valence-electron chi connectivity index (χ3n) is 2.16. The van der Waals surface area contributed by atoms with Crippen LogP contribution in [-0.4, -0.2) is 5.71 Å². The number of hydrogen-bond acceptors (Lipinski definition) is 1. The lowest BCUT2D eigenvalue weighted by atomic mass is 10.2. The minimum atomic E-state index is 0.904. The molecule has 0 aliphatic heterocycles. The Kier molecular flexibility index (Phi) is 4.80. The zero-order valence-corrected chi connectivity index (χ0v) is 14.9. The van der Waals surface area contributed by atoms with Gasteiger partial charge in [-0.2, -0.15) is 0 Å². The molecule has 0 bridgehead atoms. The van der Waals surface area contributed by atoms with Gasteiger partial charge in [0.1, 0.15) is 0 Å². The second-order valence-corrected chi connectivity index (χ2v) is 7.08. The Morgan fingerprint density at radius 2 is 1.82 bits per heavy atom. The Bertz CT molecular complexity index is 543. The van der Waals surface area contributed by atoms with Gasteiger partial charge in [-0.25, -0.2) is 4.99 Å². The lowest BCUT2D eigenvalue weighted by molar-refractivity contribution is 1.35. The molecule has 0 N–H and O–H groups in total. The van der Waals surface area contributed by atoms with E-state index in [4.69, 9.17) is 0 Å². The Labute approximate surface area is 134 Å². The molecule has 0 saturated carbocycles. The monoisotopic (exact) mass is 481 g/mol. The highest BCUT2D eigenvalue weighted by Crippen LogP contribution is 2.31. The first kappa shape index (κ1) is 13.7. The van der Waals surface area contributed by atoms with Gasteiger partial charge >= 0.3 is 0 Å². The maximum atomic E-state index is 4.62. The molecule has 0 atom stereocenters. The molecular weight excluding hydrogens is 478 g/mol. The molecule has 17 heavy (non-hydrogen) atoms. The summed E-state index contributed by atoms with van der Waals surface area (Å²) in [6.45, 7) is 0. The van der Waals surface area contributed by atoms with Crippen molar-refractivity contribution in [1.29, 1.82) is 0 Å². The van der Waals surface area contributed by atoms with E-state index in [-0.39, 0.29) is 0 Å². The van der Waals surface area contributed by atoms with Crippen LogP contribution < -0.4 is 0 Å². The van der Waals surface area contributed by atoms with Crippen molar-refractivity contribution in [2.45, 2.75) is 6.42 Å². The maximum absolute atomic E-state index is 4.62. The van der Waals surface area contributed by atoms with Crippen LogP contribution in [0.3, 0.4) is 0 Å². The molecule has 0 saturated heterocycles. The van der Waals surface area contributed by atoms with E-state index < -0.39 is 0 Å². The van der Waals surface area contributed by atoms with Gasteiger partial charge in [0.25, 0.3) is 0 Å². The maximum Gasteiger partial charge on any atom is 0.0784 e. The van der Waals surface area contributed by atoms with Crippen LogP contribution in [0.5, 0.6) is 0 Å². The molecule has 0 radical (unpaired) electrons. The SMILES string of the molecule is BrC1=CC(=Nc2ccc(Br)cc2Br)C(Br)=CC1. The van der Waals surface area contributed by atoms with Gasteiger partial charge < -0.3 is 0 Å². The minimum absolute atomic E-state index is 0.904. The summed E-state index contributed by atoms with van der Waals surface area (Å²) < 4.78 is 4.15. The van der Waals surface area contributed by atoms with Crippen molar-refractivity contribution >= 4 is 75.1 Å². The van der Waals surface area contributed by atoms with Gasteiger partial charge in [-0.15, -0.1) is 0 Å². The molecule has 0 amide bonds. The van der Waals surface area contributed by atoms with E-state index in [0.29, 0.717) is 0 Å². The van der Waals surface area contributed by atoms with E-state index >= 15 is 0 Å². The third-order valence-corrected chi connectivity index (χ3v) is 4.58. The Morgan fingerprint density at radius 1 is 1.06 bits per heavy atom. The second kappa shape index (κ2) is 5.95. The van der Waals surface area contributed by atoms with E-state index in [0.717, 1.165) is 35.7 Å². The molecule has 1 nitrogen and oxygen atoms in total. The Balaban J connectivity index is 2.41. The smallest absolute Gasteiger partial charge is 0.0784 e. The lowest BCUT2D eigenvalue weighted by Crippen LogP contribution is -1.98. The molecule has 1 aliphatic rings. The highest BCUT2D eigenvalue weighted by molar-refractivity contribution is 9.12. The van der Waals surface area contributed by atoms with E-state index in [1.54, 1.807) is 0 Å². The lowest BCUT2D eigenvalue weighted by Gasteiger charge is -2.08. The highest BCUT2D eigenvalue weighted by Gasteiger charge is 2.09. The van der Waals surface area contributed by atoms with Gasteiger partial charge in [0.2, 0.25) is 0 Å². The number of nitrogens with zero attached hydrogens (tertiary/aromatic N) is 1. The summed E-state index contributed by atoms with van der Waals surface area (Å²) in [5, 5.41) is 0. The standard InChI is InChI=1S/C12H7Br4N/c13-7-2-4-11(10(16)5-7)17-12-6-8(14)1-3-9(12)15/h2-6H,1H2. The van der Waals surface area contributed by atoms with Gasteiger partial charge in [-0.3, -0.25) is 0 Å². The molecule has 0 unspecified atom stereocenters. The van der Waals surface area contributed by atoms with Crippen LogP contribution in [0.25, 0.3) is 0 Å². The summed E-state index contributed by atoms with van der Waals surface area (Å²) in [5.41, 5.74) is 1.83. The summed E-state index contributed by atoms with van der Waals surface area (Å²) in [7, 11) is 0. The summed E-state index contributed by atoms with van der Waals surface area (Å²) in [4.78, 5) is 4.62. The normalized spacial score (nSPS) is 18.0. The zero-order chi connectivity index (χ0) is 12.4. The van der Waals surface area contributed by atoms with Gasteiger partial charge in [-0.05, 0) is 62.6 Å². The van der Waals surface area contributed by atoms with E-state index in [2.05, 4.69) is 74.8 Å². The number of halogens is 4. The van der Waals surface area contributed by atoms with Gasteiger partial charge in [0.05, 0.1) is 11.4 Å². The molecule has 5 heteroatoms. The molecule has 0 aromatic heterocycles. The average molecular weight is 485 g/mol. The Hall–Kier alpha value is 0.290. The van der Waals surface area contributed by atoms with Gasteiger partial charge in [0, 0.05) is 17.9 Å². The molecule has 2 rings (SSSR count). The van der Waals surface area contributed by atoms with Crippen molar-refractivity contribution in [2.24, 2.45) is 4.99 Å². The van der Waals surface area contributed by atoms with E-state index in [9.17, 15) is 0 Å². The number of aliphatic imine (C=N–C) groups is 1. The molecule has 1 aromatic carbocycles. The van der Waals surface area contributed by atoms with Crippen molar-refractivity contribution in [3.8, 4) is 0 Å². The van der Waals surface area contributed by atoms with Crippen LogP contribution in [-0.2, 0) is 0 Å². The largest absolute Gasteiger partial charge is 0.247 e. The summed E-state index contributed by atoms with van der Waals surface area (Å²) in [6, 6.07) is 5.93. The predicted molar refractivity (Wildman–Crippen MR) is 87.6 cm³/mol. The molecule has 88 valence electrons. The van der Waals surface area contributed by atoms with Crippen LogP contribution >= 0.6 is 63.7 Å². The minimum Gasteiger partial charge on any atom is -0.247 e. The molecule has 1 aromatic rings. The summed E-state index contributed by atoms with van der Waals surface area (Å²) >= 11 is 13.9. The van der Waals surface area contributed by atoms with Gasteiger partial charge in [0.15, 0.2) is 0 Å². The molecule has 0 spiro atoms. The summed E-state index contributed by atoms with van der Waals surface area (Å²) in [5.74, 6) is 0. The van der Waals surface area contributed by atoms with Crippen molar-refractivity contribution in [3.05, 3.63) is 48.3 Å². The molecule has 1 aliphatic carbocycles. The van der Waals surface area contributed by atoms with Crippen molar-refractivity contribution in [2.75, 3.05) is 0 Å². The fraction of sp³-hybridized carbons (Fsp3) is 0.0833. The first-order valence-electron chi connectivity index (χ1n) is 4.82. The van der Waals surface area contributed by atoms with Crippen LogP contribution in [0.2, 0.25) is 0 Å². The number of hydrogen-bond donors (Lipinski definition) is 0. The van der Waals surface area contributed by atoms with Crippen molar-refractivity contribution < 1.29 is 0 Å². The van der Waals surface area contributed by atoms with E-state index in [1.807, 2.05) is 24.3 Å². The van der Waals surface area contributed by atoms with Crippen molar-refractivity contribution in [3.63, 3.8) is 0 Å². The summed E-state index contributed by atoms with van der Waals surface area (Å²) in [6.07, 6.45) is 5.02. The topological polar surface area (TPSA) is 12.4 Å². The zero-order valence-electron chi connectivity index (χ0n) is 8.55. The second-order valence-electron chi connectivity index (χ2n) is 3.44.